The molecule has 2 heterocycles. The molecule has 0 bridgehead atoms. The maximum absolute atomic E-state index is 12.2. The minimum Gasteiger partial charge on any atom is -0.512 e. The Kier molecular flexibility index (Phi) is 12.3. The van der Waals surface area contributed by atoms with E-state index < -0.39 is 0 Å². The summed E-state index contributed by atoms with van der Waals surface area (Å²) in [7, 11) is 0. The zero-order valence-electron chi connectivity index (χ0n) is 36.0. The van der Waals surface area contributed by atoms with Crippen LogP contribution < -0.4 is 0 Å². The summed E-state index contributed by atoms with van der Waals surface area (Å²) in [5.74, 6) is 0.286. The second-order valence-corrected chi connectivity index (χ2v) is 18.7. The topological polar surface area (TPSA) is 50.2 Å². The first-order valence-corrected chi connectivity index (χ1v) is 20.0. The van der Waals surface area contributed by atoms with Crippen LogP contribution in [0.3, 0.4) is 0 Å². The van der Waals surface area contributed by atoms with Gasteiger partial charge in [-0.25, -0.2) is 0 Å². The van der Waals surface area contributed by atoms with E-state index in [0.29, 0.717) is 0 Å². The third kappa shape index (κ3) is 8.95. The second-order valence-electron chi connectivity index (χ2n) is 17.7. The Morgan fingerprint density at radius 1 is 0.811 bits per heavy atom. The summed E-state index contributed by atoms with van der Waals surface area (Å²) in [5, 5.41) is 16.5. The van der Waals surface area contributed by atoms with E-state index in [2.05, 4.69) is 96.1 Å². The van der Waals surface area contributed by atoms with Gasteiger partial charge in [0.05, 0.1) is 2.74 Å². The number of rotatable bonds is 9. The number of hydrogen-bond acceptors (Lipinski definition) is 4. The fraction of sp³-hybridized carbons (Fsp3) is 0.458. The fourth-order valence-electron chi connectivity index (χ4n) is 7.11. The Morgan fingerprint density at radius 3 is 2.02 bits per heavy atom. The van der Waals surface area contributed by atoms with Crippen LogP contribution in [0, 0.1) is 27.7 Å². The first-order valence-electron chi connectivity index (χ1n) is 20.2. The normalized spacial score (nSPS) is 13.9. The molecule has 285 valence electrons. The van der Waals surface area contributed by atoms with E-state index in [9.17, 15) is 9.90 Å². The number of benzene rings is 4. The van der Waals surface area contributed by atoms with Crippen molar-refractivity contribution in [3.63, 3.8) is 0 Å². The Balaban J connectivity index is 0.000000320. The molecule has 1 aliphatic rings. The molecule has 0 spiro atoms. The average Bonchev–Trinajstić information content (AvgIpc) is 3.12. The number of aliphatic hydroxyl groups is 1. The number of carbonyl (C=O) groups is 1. The summed E-state index contributed by atoms with van der Waals surface area (Å²) in [6.45, 7) is 25.7. The average molecular weight is 909 g/mol. The van der Waals surface area contributed by atoms with Crippen LogP contribution >= 0.6 is 11.8 Å². The minimum atomic E-state index is -0.337. The number of aromatic nitrogens is 1. The number of pyridine rings is 1. The van der Waals surface area contributed by atoms with Crippen molar-refractivity contribution in [2.75, 3.05) is 0 Å². The van der Waals surface area contributed by atoms with Crippen LogP contribution in [0.25, 0.3) is 43.6 Å². The molecule has 0 amide bonds. The van der Waals surface area contributed by atoms with Crippen LogP contribution in [-0.2, 0) is 37.7 Å². The smallest absolute Gasteiger partial charge is 0.164 e. The van der Waals surface area contributed by atoms with Crippen molar-refractivity contribution in [1.29, 1.82) is 0 Å². The Morgan fingerprint density at radius 2 is 1.42 bits per heavy atom. The van der Waals surface area contributed by atoms with E-state index >= 15 is 0 Å². The van der Waals surface area contributed by atoms with Crippen molar-refractivity contribution in [2.24, 2.45) is 21.7 Å². The van der Waals surface area contributed by atoms with Gasteiger partial charge in [0.25, 0.3) is 0 Å². The van der Waals surface area contributed by atoms with Crippen LogP contribution in [-0.4, -0.2) is 15.9 Å². The van der Waals surface area contributed by atoms with E-state index in [1.54, 1.807) is 11.8 Å². The number of ketones is 1. The number of fused-ring (bicyclic) bond motifs is 5. The molecule has 0 atom stereocenters. The molecule has 4 aromatic carbocycles. The number of nitrogens with zero attached hydrogens (tertiary/aromatic N) is 1. The molecule has 3 nitrogen and oxygen atoms in total. The van der Waals surface area contributed by atoms with Gasteiger partial charge in [-0.1, -0.05) is 136 Å². The van der Waals surface area contributed by atoms with Crippen LogP contribution in [0.15, 0.2) is 82.4 Å². The molecule has 0 saturated carbocycles. The van der Waals surface area contributed by atoms with Gasteiger partial charge < -0.3 is 5.11 Å². The van der Waals surface area contributed by atoms with Gasteiger partial charge in [-0.15, -0.1) is 29.3 Å². The van der Waals surface area contributed by atoms with Gasteiger partial charge >= 0.3 is 0 Å². The van der Waals surface area contributed by atoms with Gasteiger partial charge in [-0.3, -0.25) is 9.78 Å². The number of allylic oxidation sites excluding steroid dienone is 2. The molecular weight excluding hydrogens is 847 g/mol. The van der Waals surface area contributed by atoms with Gasteiger partial charge in [0.15, 0.2) is 5.78 Å². The number of hydrogen-bond donors (Lipinski definition) is 1. The zero-order valence-corrected chi connectivity index (χ0v) is 37.2. The van der Waals surface area contributed by atoms with Crippen LogP contribution in [0.2, 0.25) is 0 Å². The summed E-state index contributed by atoms with van der Waals surface area (Å²) in [5.41, 5.74) is 4.03. The Labute approximate surface area is 340 Å². The molecule has 6 rings (SSSR count). The standard InChI is InChI=1S/C33H32NS.C15H28O2.Ir/c1-32(2,3)18-21-11-9-13-23-24-14-15-34-30-26-16-20-10-7-8-12-22(20)27(19-33(4,5)6)31(26)35-28(29(24)30)17-25(21)23;1-7-14(5,8-2)12(16)11-13(17)15(6,9-3)10-4;/h7-15,17H,18-19H2,1-6H3;11,16H,7-10H2,1-6H3;/q-1;;/b;12-11-;/i14D,15D;;. The molecule has 5 heteroatoms. The Hall–Kier alpha value is -2.98. The van der Waals surface area contributed by atoms with Crippen molar-refractivity contribution in [1.82, 2.24) is 4.98 Å². The van der Waals surface area contributed by atoms with Crippen molar-refractivity contribution in [3.05, 3.63) is 89.8 Å². The second kappa shape index (κ2) is 16.4. The quantitative estimate of drug-likeness (QED) is 0.0680. The zero-order chi connectivity index (χ0) is 40.0. The van der Waals surface area contributed by atoms with Crippen LogP contribution in [0.5, 0.6) is 0 Å². The van der Waals surface area contributed by atoms with E-state index in [0.717, 1.165) is 76.2 Å². The van der Waals surface area contributed by atoms with Gasteiger partial charge in [-0.2, -0.15) is 0 Å². The van der Waals surface area contributed by atoms with Gasteiger partial charge in [0, 0.05) is 53.8 Å². The molecule has 0 saturated heterocycles. The van der Waals surface area contributed by atoms with Crippen molar-refractivity contribution >= 4 is 49.9 Å². The molecule has 1 N–H and O–H groups in total. The van der Waals surface area contributed by atoms with Crippen LogP contribution in [0.1, 0.15) is 123 Å². The summed E-state index contributed by atoms with van der Waals surface area (Å²) in [6, 6.07) is 21.1. The monoisotopic (exact) mass is 909 g/mol. The first-order chi connectivity index (χ1) is 25.2. The summed E-state index contributed by atoms with van der Waals surface area (Å²) in [4.78, 5) is 19.2. The van der Waals surface area contributed by atoms with Crippen molar-refractivity contribution < 1.29 is 32.7 Å². The van der Waals surface area contributed by atoms with E-state index in [4.69, 9.17) is 7.73 Å². The maximum Gasteiger partial charge on any atom is 0.164 e. The minimum absolute atomic E-state index is 0. The largest absolute Gasteiger partial charge is 0.512 e. The molecule has 0 fully saturated rings. The molecule has 5 aromatic rings. The molecule has 1 radical (unpaired) electrons. The van der Waals surface area contributed by atoms with Crippen LogP contribution in [0.4, 0.5) is 0 Å². The van der Waals surface area contributed by atoms with E-state index in [1.165, 1.54) is 32.9 Å². The number of aliphatic hydroxyl groups excluding tert-OH is 1. The predicted octanol–water partition coefficient (Wildman–Crippen LogP) is 14.3. The Bertz CT molecular complexity index is 2260. The third-order valence-electron chi connectivity index (χ3n) is 11.3. The third-order valence-corrected chi connectivity index (χ3v) is 12.5. The van der Waals surface area contributed by atoms with Gasteiger partial charge in [0.1, 0.15) is 5.76 Å². The van der Waals surface area contributed by atoms with E-state index in [-0.39, 0.29) is 65.5 Å². The maximum atomic E-state index is 12.2. The predicted molar refractivity (Wildman–Crippen MR) is 225 cm³/mol. The molecule has 53 heavy (non-hydrogen) atoms. The van der Waals surface area contributed by atoms with Crippen molar-refractivity contribution in [3.8, 4) is 11.3 Å². The molecule has 0 unspecified atom stereocenters. The molecular formula is C48H60IrNO2S-. The van der Waals surface area contributed by atoms with Gasteiger partial charge in [-0.05, 0) is 93.5 Å². The summed E-state index contributed by atoms with van der Waals surface area (Å²) in [6.07, 6.45) is 6.66. The fourth-order valence-corrected chi connectivity index (χ4v) is 8.36. The van der Waals surface area contributed by atoms with Crippen molar-refractivity contribution in [2.45, 2.75) is 131 Å². The first kappa shape index (κ1) is 39.7. The molecule has 1 aromatic heterocycles. The molecule has 1 aliphatic heterocycles. The number of carbonyl (C=O) groups excluding carboxylic acids is 1. The summed E-state index contributed by atoms with van der Waals surface area (Å²) >= 11 is 1.80. The SMILES string of the molecule is CCC(C)(CC)C(=O)/C=C(\O)C(C)(CC)CC.[2H]c1nc2c3c(cc4c(CC(C)(C)C)cccc4c3c1[2H])Sc1c-2[c-]c2ccccc2c1CC(C)(C)C.[Ir]. The van der Waals surface area contributed by atoms with Gasteiger partial charge in [0.2, 0.25) is 0 Å². The van der Waals surface area contributed by atoms with E-state index in [1.807, 2.05) is 41.5 Å². The summed E-state index contributed by atoms with van der Waals surface area (Å²) < 4.78 is 17.6. The molecule has 0 aliphatic carbocycles.